The van der Waals surface area contributed by atoms with Crippen LogP contribution in [0.1, 0.15) is 23.3 Å². The number of ether oxygens (including phenoxy) is 2. The smallest absolute Gasteiger partial charge is 0.265 e. The van der Waals surface area contributed by atoms with E-state index in [0.29, 0.717) is 18.0 Å². The van der Waals surface area contributed by atoms with Gasteiger partial charge < -0.3 is 19.8 Å². The minimum Gasteiger partial charge on any atom is -0.491 e. The van der Waals surface area contributed by atoms with Gasteiger partial charge in [-0.15, -0.1) is 0 Å². The van der Waals surface area contributed by atoms with E-state index in [1.54, 1.807) is 31.3 Å². The third-order valence-electron chi connectivity index (χ3n) is 4.09. The Labute approximate surface area is 151 Å². The lowest BCUT2D eigenvalue weighted by Gasteiger charge is -2.13. The topological polar surface area (TPSA) is 113 Å². The molecule has 1 aromatic heterocycles. The van der Waals surface area contributed by atoms with Crippen molar-refractivity contribution in [3.63, 3.8) is 0 Å². The lowest BCUT2D eigenvalue weighted by Crippen LogP contribution is -2.16. The molecule has 1 aliphatic rings. The standard InChI is InChI=1S/C17H21N3O5S/c1-20-10-15(9-16(20)17(18)21)26(22,23)19-12-4-2-5-13(8-12)25-11-14-6-3-7-24-14/h2,4-5,8-10,14,19H,3,6-7,11H2,1H3,(H2,18,21)/t14-/m1/s1. The van der Waals surface area contributed by atoms with Crippen LogP contribution in [-0.4, -0.2) is 38.2 Å². The third kappa shape index (κ3) is 4.17. The van der Waals surface area contributed by atoms with Crippen molar-refractivity contribution in [2.75, 3.05) is 17.9 Å². The van der Waals surface area contributed by atoms with E-state index in [2.05, 4.69) is 4.72 Å². The molecule has 1 fully saturated rings. The molecule has 140 valence electrons. The number of hydrogen-bond donors (Lipinski definition) is 2. The number of nitrogens with two attached hydrogens (primary N) is 1. The fraction of sp³-hybridized carbons (Fsp3) is 0.353. The number of carbonyl (C=O) groups excluding carboxylic acids is 1. The van der Waals surface area contributed by atoms with Crippen molar-refractivity contribution in [3.05, 3.63) is 42.2 Å². The zero-order valence-electron chi connectivity index (χ0n) is 14.3. The average Bonchev–Trinajstić information content (AvgIpc) is 3.22. The van der Waals surface area contributed by atoms with Gasteiger partial charge in [0.05, 0.1) is 11.8 Å². The van der Waals surface area contributed by atoms with Gasteiger partial charge in [-0.1, -0.05) is 6.07 Å². The number of aromatic nitrogens is 1. The van der Waals surface area contributed by atoms with Crippen LogP contribution in [0.15, 0.2) is 41.4 Å². The number of sulfonamides is 1. The minimum atomic E-state index is -3.85. The average molecular weight is 379 g/mol. The molecule has 9 heteroatoms. The van der Waals surface area contributed by atoms with Gasteiger partial charge in [-0.3, -0.25) is 9.52 Å². The van der Waals surface area contributed by atoms with Crippen molar-refractivity contribution in [2.24, 2.45) is 12.8 Å². The maximum atomic E-state index is 12.5. The van der Waals surface area contributed by atoms with Crippen molar-refractivity contribution < 1.29 is 22.7 Å². The highest BCUT2D eigenvalue weighted by atomic mass is 32.2. The second-order valence-electron chi connectivity index (χ2n) is 6.12. The molecule has 3 rings (SSSR count). The summed E-state index contributed by atoms with van der Waals surface area (Å²) in [6.45, 7) is 1.18. The number of carbonyl (C=O) groups is 1. The molecule has 2 heterocycles. The first-order chi connectivity index (χ1) is 12.3. The molecular weight excluding hydrogens is 358 g/mol. The Morgan fingerprint density at radius 1 is 1.42 bits per heavy atom. The molecule has 1 atom stereocenters. The van der Waals surface area contributed by atoms with Crippen molar-refractivity contribution in [2.45, 2.75) is 23.8 Å². The van der Waals surface area contributed by atoms with Gasteiger partial charge in [-0.25, -0.2) is 8.42 Å². The number of aryl methyl sites for hydroxylation is 1. The number of benzene rings is 1. The first-order valence-electron chi connectivity index (χ1n) is 8.18. The van der Waals surface area contributed by atoms with Gasteiger partial charge in [0.2, 0.25) is 0 Å². The van der Waals surface area contributed by atoms with Crippen LogP contribution in [0.4, 0.5) is 5.69 Å². The van der Waals surface area contributed by atoms with Crippen LogP contribution in [-0.2, 0) is 21.8 Å². The number of nitrogens with one attached hydrogen (secondary N) is 1. The minimum absolute atomic E-state index is 0.0422. The Hall–Kier alpha value is -2.52. The molecule has 26 heavy (non-hydrogen) atoms. The monoisotopic (exact) mass is 379 g/mol. The molecule has 0 saturated carbocycles. The van der Waals surface area contributed by atoms with E-state index < -0.39 is 15.9 Å². The van der Waals surface area contributed by atoms with Crippen molar-refractivity contribution in [3.8, 4) is 5.75 Å². The van der Waals surface area contributed by atoms with Crippen LogP contribution in [0.25, 0.3) is 0 Å². The van der Waals surface area contributed by atoms with Crippen molar-refractivity contribution >= 4 is 21.6 Å². The molecule has 0 bridgehead atoms. The molecule has 3 N–H and O–H groups in total. The fourth-order valence-electron chi connectivity index (χ4n) is 2.75. The van der Waals surface area contributed by atoms with E-state index in [9.17, 15) is 13.2 Å². The number of nitrogens with zero attached hydrogens (tertiary/aromatic N) is 1. The Balaban J connectivity index is 1.72. The molecule has 0 radical (unpaired) electrons. The van der Waals surface area contributed by atoms with Crippen molar-refractivity contribution in [1.82, 2.24) is 4.57 Å². The molecular formula is C17H21N3O5S. The number of primary amides is 1. The number of hydrogen-bond acceptors (Lipinski definition) is 5. The third-order valence-corrected chi connectivity index (χ3v) is 5.44. The summed E-state index contributed by atoms with van der Waals surface area (Å²) >= 11 is 0. The maximum Gasteiger partial charge on any atom is 0.265 e. The first-order valence-corrected chi connectivity index (χ1v) is 9.67. The maximum absolute atomic E-state index is 12.5. The van der Waals surface area contributed by atoms with Crippen LogP contribution in [0.3, 0.4) is 0 Å². The highest BCUT2D eigenvalue weighted by molar-refractivity contribution is 7.92. The Morgan fingerprint density at radius 2 is 2.23 bits per heavy atom. The highest BCUT2D eigenvalue weighted by Crippen LogP contribution is 2.23. The van der Waals surface area contributed by atoms with Gasteiger partial charge in [-0.2, -0.15) is 0 Å². The van der Waals surface area contributed by atoms with E-state index in [-0.39, 0.29) is 16.7 Å². The normalized spacial score (nSPS) is 17.2. The van der Waals surface area contributed by atoms with Crippen molar-refractivity contribution in [1.29, 1.82) is 0 Å². The SMILES string of the molecule is Cn1cc(S(=O)(=O)Nc2cccc(OC[C@H]3CCCO3)c2)cc1C(N)=O. The van der Waals surface area contributed by atoms with Crippen LogP contribution in [0, 0.1) is 0 Å². The van der Waals surface area contributed by atoms with Gasteiger partial charge in [0.15, 0.2) is 0 Å². The molecule has 1 aliphatic heterocycles. The summed E-state index contributed by atoms with van der Waals surface area (Å²) in [5.41, 5.74) is 5.70. The van der Waals surface area contributed by atoms with Crippen LogP contribution in [0.2, 0.25) is 0 Å². The molecule has 8 nitrogen and oxygen atoms in total. The molecule has 0 unspecified atom stereocenters. The highest BCUT2D eigenvalue weighted by Gasteiger charge is 2.20. The van der Waals surface area contributed by atoms with E-state index in [1.165, 1.54) is 16.8 Å². The Kier molecular flexibility index (Phi) is 5.19. The van der Waals surface area contributed by atoms with Gasteiger partial charge in [0.25, 0.3) is 15.9 Å². The Morgan fingerprint density at radius 3 is 2.88 bits per heavy atom. The summed E-state index contributed by atoms with van der Waals surface area (Å²) in [5, 5.41) is 0. The number of amides is 1. The zero-order valence-corrected chi connectivity index (χ0v) is 15.2. The molecule has 1 aromatic carbocycles. The second kappa shape index (κ2) is 7.38. The van der Waals surface area contributed by atoms with Gasteiger partial charge in [-0.05, 0) is 31.0 Å². The largest absolute Gasteiger partial charge is 0.491 e. The quantitative estimate of drug-likeness (QED) is 0.757. The van der Waals surface area contributed by atoms with Gasteiger partial charge in [0.1, 0.15) is 22.9 Å². The zero-order chi connectivity index (χ0) is 18.7. The van der Waals surface area contributed by atoms with Crippen LogP contribution < -0.4 is 15.2 Å². The first kappa shape index (κ1) is 18.3. The summed E-state index contributed by atoms with van der Waals surface area (Å²) in [7, 11) is -2.30. The van der Waals surface area contributed by atoms with E-state index in [0.717, 1.165) is 19.4 Å². The van der Waals surface area contributed by atoms with E-state index >= 15 is 0 Å². The lowest BCUT2D eigenvalue weighted by atomic mass is 10.2. The predicted octanol–water partition coefficient (Wildman–Crippen LogP) is 1.48. The second-order valence-corrected chi connectivity index (χ2v) is 7.80. The molecule has 0 spiro atoms. The van der Waals surface area contributed by atoms with Gasteiger partial charge >= 0.3 is 0 Å². The summed E-state index contributed by atoms with van der Waals surface area (Å²) < 4.78 is 40.1. The molecule has 1 saturated heterocycles. The summed E-state index contributed by atoms with van der Waals surface area (Å²) in [4.78, 5) is 11.3. The van der Waals surface area contributed by atoms with Crippen LogP contribution >= 0.6 is 0 Å². The fourth-order valence-corrected chi connectivity index (χ4v) is 3.87. The predicted molar refractivity (Wildman–Crippen MR) is 95.7 cm³/mol. The van der Waals surface area contributed by atoms with Gasteiger partial charge in [0, 0.05) is 25.9 Å². The summed E-state index contributed by atoms with van der Waals surface area (Å²) in [6, 6.07) is 7.91. The number of rotatable bonds is 7. The number of anilines is 1. The molecule has 2 aromatic rings. The molecule has 0 aliphatic carbocycles. The van der Waals surface area contributed by atoms with E-state index in [1.807, 2.05) is 0 Å². The van der Waals surface area contributed by atoms with E-state index in [4.69, 9.17) is 15.2 Å². The summed E-state index contributed by atoms with van der Waals surface area (Å²) in [5.74, 6) is -0.148. The Bertz CT molecular complexity index is 901. The lowest BCUT2D eigenvalue weighted by molar-refractivity contribution is 0.0680. The molecule has 1 amide bonds. The van der Waals surface area contributed by atoms with Crippen LogP contribution in [0.5, 0.6) is 5.75 Å². The summed E-state index contributed by atoms with van der Waals surface area (Å²) in [6.07, 6.45) is 3.40.